The van der Waals surface area contributed by atoms with E-state index in [1.807, 2.05) is 13.0 Å². The quantitative estimate of drug-likeness (QED) is 0.773. The molecule has 0 aliphatic carbocycles. The number of nitrogens with zero attached hydrogens (tertiary/aromatic N) is 2. The second kappa shape index (κ2) is 7.06. The summed E-state index contributed by atoms with van der Waals surface area (Å²) >= 11 is 0. The predicted molar refractivity (Wildman–Crippen MR) is 76.3 cm³/mol. The largest absolute Gasteiger partial charge is 0.478 e. The molecule has 0 aromatic carbocycles. The third-order valence-corrected chi connectivity index (χ3v) is 4.41. The van der Waals surface area contributed by atoms with Crippen LogP contribution in [-0.2, 0) is 4.79 Å². The molecular formula is C15H26N2O2. The number of likely N-dealkylation sites (tertiary alicyclic amines) is 2. The zero-order valence-electron chi connectivity index (χ0n) is 12.0. The summed E-state index contributed by atoms with van der Waals surface area (Å²) in [6.45, 7) is 7.41. The molecule has 1 atom stereocenters. The molecule has 0 spiro atoms. The lowest BCUT2D eigenvalue weighted by atomic mass is 10.1. The Kier molecular flexibility index (Phi) is 5.40. The minimum Gasteiger partial charge on any atom is -0.478 e. The van der Waals surface area contributed by atoms with Crippen molar-refractivity contribution in [3.8, 4) is 0 Å². The third kappa shape index (κ3) is 4.05. The average Bonchev–Trinajstić information content (AvgIpc) is 2.89. The molecule has 2 aliphatic heterocycles. The fourth-order valence-corrected chi connectivity index (χ4v) is 3.18. The molecule has 4 nitrogen and oxygen atoms in total. The van der Waals surface area contributed by atoms with Crippen LogP contribution in [0.4, 0.5) is 0 Å². The van der Waals surface area contributed by atoms with Gasteiger partial charge in [0, 0.05) is 31.2 Å². The van der Waals surface area contributed by atoms with Crippen molar-refractivity contribution in [1.29, 1.82) is 0 Å². The second-order valence-corrected chi connectivity index (χ2v) is 5.69. The lowest BCUT2D eigenvalue weighted by Crippen LogP contribution is -2.40. The zero-order valence-corrected chi connectivity index (χ0v) is 12.0. The molecule has 0 saturated carbocycles. The maximum absolute atomic E-state index is 11.0. The van der Waals surface area contributed by atoms with Gasteiger partial charge in [-0.05, 0) is 38.8 Å². The van der Waals surface area contributed by atoms with Crippen LogP contribution in [0.15, 0.2) is 11.6 Å². The number of aliphatic carboxylic acids is 1. The molecule has 2 saturated heterocycles. The molecule has 0 aromatic rings. The summed E-state index contributed by atoms with van der Waals surface area (Å²) in [4.78, 5) is 16.0. The maximum atomic E-state index is 11.0. The summed E-state index contributed by atoms with van der Waals surface area (Å²) in [6.07, 6.45) is 7.81. The molecule has 0 aromatic heterocycles. The van der Waals surface area contributed by atoms with Gasteiger partial charge in [0.1, 0.15) is 0 Å². The molecule has 0 bridgehead atoms. The Balaban J connectivity index is 1.79. The first-order chi connectivity index (χ1) is 9.20. The Morgan fingerprint density at radius 1 is 1.26 bits per heavy atom. The molecule has 2 heterocycles. The first-order valence-electron chi connectivity index (χ1n) is 7.59. The van der Waals surface area contributed by atoms with E-state index in [0.717, 1.165) is 19.6 Å². The summed E-state index contributed by atoms with van der Waals surface area (Å²) in [5.74, 6) is -0.769. The number of carboxylic acids is 1. The highest BCUT2D eigenvalue weighted by atomic mass is 16.4. The number of carboxylic acid groups (broad SMARTS) is 1. The van der Waals surface area contributed by atoms with Crippen molar-refractivity contribution in [3.63, 3.8) is 0 Å². The fourth-order valence-electron chi connectivity index (χ4n) is 3.18. The predicted octanol–water partition coefficient (Wildman–Crippen LogP) is 1.97. The van der Waals surface area contributed by atoms with Gasteiger partial charge in [-0.25, -0.2) is 4.79 Å². The first-order valence-corrected chi connectivity index (χ1v) is 7.59. The van der Waals surface area contributed by atoms with Crippen LogP contribution in [0.2, 0.25) is 0 Å². The molecule has 1 unspecified atom stereocenters. The van der Waals surface area contributed by atoms with Gasteiger partial charge in [-0.3, -0.25) is 9.80 Å². The van der Waals surface area contributed by atoms with E-state index in [1.54, 1.807) is 0 Å². The van der Waals surface area contributed by atoms with Gasteiger partial charge in [-0.15, -0.1) is 0 Å². The van der Waals surface area contributed by atoms with Crippen molar-refractivity contribution < 1.29 is 9.90 Å². The highest BCUT2D eigenvalue weighted by Gasteiger charge is 2.27. The molecule has 108 valence electrons. The minimum absolute atomic E-state index is 0.543. The van der Waals surface area contributed by atoms with Crippen molar-refractivity contribution in [2.45, 2.75) is 45.1 Å². The lowest BCUT2D eigenvalue weighted by molar-refractivity contribution is -0.132. The van der Waals surface area contributed by atoms with Crippen molar-refractivity contribution in [2.24, 2.45) is 0 Å². The van der Waals surface area contributed by atoms with Crippen LogP contribution in [0.1, 0.15) is 39.0 Å². The summed E-state index contributed by atoms with van der Waals surface area (Å²) in [5.41, 5.74) is 0.543. The van der Waals surface area contributed by atoms with E-state index in [2.05, 4.69) is 9.80 Å². The van der Waals surface area contributed by atoms with Crippen molar-refractivity contribution in [3.05, 3.63) is 11.6 Å². The van der Waals surface area contributed by atoms with Gasteiger partial charge in [0.05, 0.1) is 0 Å². The number of rotatable bonds is 5. The van der Waals surface area contributed by atoms with Crippen LogP contribution in [-0.4, -0.2) is 59.6 Å². The lowest BCUT2D eigenvalue weighted by Gasteiger charge is -2.32. The molecule has 19 heavy (non-hydrogen) atoms. The van der Waals surface area contributed by atoms with E-state index in [-0.39, 0.29) is 0 Å². The molecule has 2 fully saturated rings. The summed E-state index contributed by atoms with van der Waals surface area (Å²) in [5, 5.41) is 9.01. The Morgan fingerprint density at radius 3 is 2.63 bits per heavy atom. The Bertz CT molecular complexity index is 335. The number of hydrogen-bond acceptors (Lipinski definition) is 3. The fraction of sp³-hybridized carbons (Fsp3) is 0.800. The monoisotopic (exact) mass is 266 g/mol. The van der Waals surface area contributed by atoms with Crippen LogP contribution in [0, 0.1) is 0 Å². The normalized spacial score (nSPS) is 26.8. The summed E-state index contributed by atoms with van der Waals surface area (Å²) in [7, 11) is 0. The van der Waals surface area contributed by atoms with Gasteiger partial charge in [0.15, 0.2) is 0 Å². The molecule has 2 rings (SSSR count). The van der Waals surface area contributed by atoms with E-state index in [9.17, 15) is 4.79 Å². The smallest absolute Gasteiger partial charge is 0.331 e. The van der Waals surface area contributed by atoms with Gasteiger partial charge in [-0.2, -0.15) is 0 Å². The van der Waals surface area contributed by atoms with Crippen LogP contribution in [0.3, 0.4) is 0 Å². The molecule has 2 aliphatic rings. The zero-order chi connectivity index (χ0) is 13.7. The van der Waals surface area contributed by atoms with E-state index in [0.29, 0.717) is 18.0 Å². The van der Waals surface area contributed by atoms with Crippen LogP contribution >= 0.6 is 0 Å². The second-order valence-electron chi connectivity index (χ2n) is 5.69. The minimum atomic E-state index is -0.769. The van der Waals surface area contributed by atoms with Crippen molar-refractivity contribution >= 4 is 5.97 Å². The van der Waals surface area contributed by atoms with Gasteiger partial charge in [0.25, 0.3) is 0 Å². The highest BCUT2D eigenvalue weighted by Crippen LogP contribution is 2.20. The number of carbonyl (C=O) groups is 1. The Labute approximate surface area is 116 Å². The van der Waals surface area contributed by atoms with Gasteiger partial charge in [-0.1, -0.05) is 19.4 Å². The standard InChI is InChI=1S/C15H26N2O2/c1-2-13(15(18)19)6-10-16-11-7-14(12-16)17-8-4-3-5-9-17/h6,14H,2-5,7-12H2,1H3,(H,18,19). The average molecular weight is 266 g/mol. The molecular weight excluding hydrogens is 240 g/mol. The number of hydrogen-bond donors (Lipinski definition) is 1. The van der Waals surface area contributed by atoms with Gasteiger partial charge >= 0.3 is 5.97 Å². The SMILES string of the molecule is CCC(=CCN1CCC(N2CCCCC2)C1)C(=O)O. The maximum Gasteiger partial charge on any atom is 0.331 e. The molecule has 4 heteroatoms. The van der Waals surface area contributed by atoms with Crippen LogP contribution < -0.4 is 0 Å². The van der Waals surface area contributed by atoms with Crippen LogP contribution in [0.25, 0.3) is 0 Å². The summed E-state index contributed by atoms with van der Waals surface area (Å²) in [6, 6.07) is 0.698. The van der Waals surface area contributed by atoms with Crippen LogP contribution in [0.5, 0.6) is 0 Å². The topological polar surface area (TPSA) is 43.8 Å². The molecule has 0 amide bonds. The van der Waals surface area contributed by atoms with E-state index >= 15 is 0 Å². The number of piperidine rings is 1. The van der Waals surface area contributed by atoms with Crippen molar-refractivity contribution in [2.75, 3.05) is 32.7 Å². The van der Waals surface area contributed by atoms with E-state index in [1.165, 1.54) is 38.8 Å². The van der Waals surface area contributed by atoms with Crippen molar-refractivity contribution in [1.82, 2.24) is 9.80 Å². The first kappa shape index (κ1) is 14.5. The van der Waals surface area contributed by atoms with E-state index < -0.39 is 5.97 Å². The Morgan fingerprint density at radius 2 is 2.00 bits per heavy atom. The highest BCUT2D eigenvalue weighted by molar-refractivity contribution is 5.86. The third-order valence-electron chi connectivity index (χ3n) is 4.41. The van der Waals surface area contributed by atoms with E-state index in [4.69, 9.17) is 5.11 Å². The van der Waals surface area contributed by atoms with Gasteiger partial charge in [0.2, 0.25) is 0 Å². The Hall–Kier alpha value is -0.870. The molecule has 1 N–H and O–H groups in total. The van der Waals surface area contributed by atoms with Gasteiger partial charge < -0.3 is 5.11 Å². The molecule has 0 radical (unpaired) electrons. The summed E-state index contributed by atoms with van der Waals surface area (Å²) < 4.78 is 0.